The van der Waals surface area contributed by atoms with Crippen molar-refractivity contribution >= 4 is 5.97 Å². The third-order valence-electron chi connectivity index (χ3n) is 3.56. The molecule has 0 saturated heterocycles. The largest absolute Gasteiger partial charge is 0.472 e. The molecule has 5 nitrogen and oxygen atoms in total. The van der Waals surface area contributed by atoms with E-state index in [4.69, 9.17) is 9.47 Å². The molecule has 0 bridgehead atoms. The second-order valence-corrected chi connectivity index (χ2v) is 5.28. The first-order valence-corrected chi connectivity index (χ1v) is 7.63. The fourth-order valence-electron chi connectivity index (χ4n) is 2.34. The number of methoxy groups -OCH3 is 1. The number of esters is 1. The van der Waals surface area contributed by atoms with E-state index in [-0.39, 0.29) is 0 Å². The minimum Gasteiger partial charge on any atom is -0.472 e. The van der Waals surface area contributed by atoms with Gasteiger partial charge in [0.1, 0.15) is 6.61 Å². The highest BCUT2D eigenvalue weighted by molar-refractivity contribution is 5.87. The molecule has 1 aromatic heterocycles. The number of hydrogen-bond donors (Lipinski definition) is 0. The van der Waals surface area contributed by atoms with Crippen LogP contribution in [0.25, 0.3) is 0 Å². The smallest absolute Gasteiger partial charge is 0.356 e. The minimum atomic E-state index is -0.437. The number of benzene rings is 2. The van der Waals surface area contributed by atoms with Gasteiger partial charge in [0.25, 0.3) is 0 Å². The molecule has 0 amide bonds. The van der Waals surface area contributed by atoms with E-state index in [1.54, 1.807) is 10.7 Å². The number of carbonyl (C=O) groups is 1. The molecule has 0 radical (unpaired) electrons. The van der Waals surface area contributed by atoms with Gasteiger partial charge in [0.15, 0.2) is 5.69 Å². The number of carbonyl (C=O) groups excluding carboxylic acids is 1. The van der Waals surface area contributed by atoms with Gasteiger partial charge in [-0.1, -0.05) is 60.7 Å². The molecule has 0 fully saturated rings. The molecule has 0 aliphatic carbocycles. The van der Waals surface area contributed by atoms with Gasteiger partial charge < -0.3 is 9.47 Å². The van der Waals surface area contributed by atoms with Gasteiger partial charge in [-0.25, -0.2) is 9.48 Å². The van der Waals surface area contributed by atoms with Crippen LogP contribution in [0, 0.1) is 0 Å². The molecule has 24 heavy (non-hydrogen) atoms. The number of hydrogen-bond acceptors (Lipinski definition) is 4. The van der Waals surface area contributed by atoms with Crippen LogP contribution >= 0.6 is 0 Å². The average Bonchev–Trinajstić information content (AvgIpc) is 3.04. The van der Waals surface area contributed by atoms with Crippen molar-refractivity contribution in [3.8, 4) is 5.88 Å². The highest BCUT2D eigenvalue weighted by atomic mass is 16.5. The van der Waals surface area contributed by atoms with Crippen molar-refractivity contribution in [2.75, 3.05) is 7.11 Å². The van der Waals surface area contributed by atoms with E-state index in [2.05, 4.69) is 5.10 Å². The SMILES string of the molecule is COC(=O)c1cc(OCc2ccccc2)nn1Cc1ccccc1. The summed E-state index contributed by atoms with van der Waals surface area (Å²) >= 11 is 0. The van der Waals surface area contributed by atoms with Crippen LogP contribution in [0.5, 0.6) is 5.88 Å². The van der Waals surface area contributed by atoms with Crippen molar-refractivity contribution in [1.29, 1.82) is 0 Å². The van der Waals surface area contributed by atoms with Gasteiger partial charge in [0.05, 0.1) is 13.7 Å². The van der Waals surface area contributed by atoms with Crippen LogP contribution in [0.2, 0.25) is 0 Å². The lowest BCUT2D eigenvalue weighted by molar-refractivity contribution is 0.0587. The summed E-state index contributed by atoms with van der Waals surface area (Å²) in [5, 5.41) is 4.38. The van der Waals surface area contributed by atoms with Crippen molar-refractivity contribution in [1.82, 2.24) is 9.78 Å². The monoisotopic (exact) mass is 322 g/mol. The first-order chi connectivity index (χ1) is 11.8. The Labute approximate surface area is 140 Å². The first-order valence-electron chi connectivity index (χ1n) is 7.63. The predicted octanol–water partition coefficient (Wildman–Crippen LogP) is 3.30. The van der Waals surface area contributed by atoms with Gasteiger partial charge in [0.2, 0.25) is 5.88 Å². The Morgan fingerprint density at radius 1 is 1.00 bits per heavy atom. The second-order valence-electron chi connectivity index (χ2n) is 5.28. The maximum absolute atomic E-state index is 12.0. The van der Waals surface area contributed by atoms with Gasteiger partial charge in [-0.05, 0) is 11.1 Å². The molecule has 0 spiro atoms. The average molecular weight is 322 g/mol. The van der Waals surface area contributed by atoms with E-state index in [1.807, 2.05) is 60.7 Å². The van der Waals surface area contributed by atoms with Crippen LogP contribution in [0.3, 0.4) is 0 Å². The summed E-state index contributed by atoms with van der Waals surface area (Å²) in [5.74, 6) is -0.0387. The van der Waals surface area contributed by atoms with E-state index >= 15 is 0 Å². The lowest BCUT2D eigenvalue weighted by atomic mass is 10.2. The van der Waals surface area contributed by atoms with Gasteiger partial charge in [0, 0.05) is 6.07 Å². The molecule has 0 saturated carbocycles. The van der Waals surface area contributed by atoms with E-state index in [9.17, 15) is 4.79 Å². The highest BCUT2D eigenvalue weighted by Gasteiger charge is 2.17. The Hall–Kier alpha value is -3.08. The molecule has 0 aliphatic heterocycles. The normalized spacial score (nSPS) is 10.4. The number of aromatic nitrogens is 2. The molecule has 122 valence electrons. The topological polar surface area (TPSA) is 53.4 Å². The number of nitrogens with zero attached hydrogens (tertiary/aromatic N) is 2. The zero-order valence-corrected chi connectivity index (χ0v) is 13.4. The molecule has 2 aromatic carbocycles. The minimum absolute atomic E-state index is 0.365. The quantitative estimate of drug-likeness (QED) is 0.654. The fraction of sp³-hybridized carbons (Fsp3) is 0.158. The van der Waals surface area contributed by atoms with Gasteiger partial charge in [-0.15, -0.1) is 5.10 Å². The summed E-state index contributed by atoms with van der Waals surface area (Å²) in [6.07, 6.45) is 0. The number of ether oxygens (including phenoxy) is 2. The maximum Gasteiger partial charge on any atom is 0.356 e. The zero-order valence-electron chi connectivity index (χ0n) is 13.4. The van der Waals surface area contributed by atoms with E-state index in [1.165, 1.54) is 7.11 Å². The second kappa shape index (κ2) is 7.46. The molecule has 0 aliphatic rings. The third kappa shape index (κ3) is 3.81. The van der Waals surface area contributed by atoms with Crippen LogP contribution in [-0.4, -0.2) is 22.9 Å². The van der Waals surface area contributed by atoms with Crippen molar-refractivity contribution in [3.05, 3.63) is 83.6 Å². The standard InChI is InChI=1S/C19H18N2O3/c1-23-19(22)17-12-18(24-14-16-10-6-3-7-11-16)20-21(17)13-15-8-4-2-5-9-15/h2-12H,13-14H2,1H3. The zero-order chi connectivity index (χ0) is 16.8. The lowest BCUT2D eigenvalue weighted by Crippen LogP contribution is -2.12. The number of rotatable bonds is 6. The van der Waals surface area contributed by atoms with Gasteiger partial charge >= 0.3 is 5.97 Å². The summed E-state index contributed by atoms with van der Waals surface area (Å²) in [4.78, 5) is 12.0. The Kier molecular flexibility index (Phi) is 4.91. The Morgan fingerprint density at radius 2 is 1.62 bits per heavy atom. The van der Waals surface area contributed by atoms with Gasteiger partial charge in [-0.3, -0.25) is 0 Å². The van der Waals surface area contributed by atoms with E-state index < -0.39 is 5.97 Å². The van der Waals surface area contributed by atoms with E-state index in [0.717, 1.165) is 11.1 Å². The summed E-state index contributed by atoms with van der Waals surface area (Å²) in [6.45, 7) is 0.865. The molecule has 0 N–H and O–H groups in total. The molecule has 0 unspecified atom stereocenters. The molecular formula is C19H18N2O3. The molecule has 0 atom stereocenters. The summed E-state index contributed by atoms with van der Waals surface area (Å²) in [5.41, 5.74) is 2.44. The summed E-state index contributed by atoms with van der Waals surface area (Å²) in [7, 11) is 1.35. The molecule has 3 aromatic rings. The van der Waals surface area contributed by atoms with Crippen LogP contribution in [0.15, 0.2) is 66.7 Å². The van der Waals surface area contributed by atoms with Crippen molar-refractivity contribution in [2.24, 2.45) is 0 Å². The van der Waals surface area contributed by atoms with E-state index in [0.29, 0.717) is 24.7 Å². The van der Waals surface area contributed by atoms with Crippen LogP contribution in [-0.2, 0) is 17.9 Å². The first kappa shape index (κ1) is 15.8. The van der Waals surface area contributed by atoms with Crippen LogP contribution in [0.1, 0.15) is 21.6 Å². The van der Waals surface area contributed by atoms with Crippen LogP contribution in [0.4, 0.5) is 0 Å². The Morgan fingerprint density at radius 3 is 2.25 bits per heavy atom. The maximum atomic E-state index is 12.0. The molecular weight excluding hydrogens is 304 g/mol. The van der Waals surface area contributed by atoms with Crippen molar-refractivity contribution in [2.45, 2.75) is 13.2 Å². The molecule has 3 rings (SSSR count). The lowest BCUT2D eigenvalue weighted by Gasteiger charge is -2.05. The Bertz CT molecular complexity index is 798. The van der Waals surface area contributed by atoms with Gasteiger partial charge in [-0.2, -0.15) is 0 Å². The predicted molar refractivity (Wildman–Crippen MR) is 89.9 cm³/mol. The fourth-order valence-corrected chi connectivity index (χ4v) is 2.34. The van der Waals surface area contributed by atoms with Crippen molar-refractivity contribution < 1.29 is 14.3 Å². The molecule has 1 heterocycles. The summed E-state index contributed by atoms with van der Waals surface area (Å²) < 4.78 is 12.1. The van der Waals surface area contributed by atoms with Crippen molar-refractivity contribution in [3.63, 3.8) is 0 Å². The third-order valence-corrected chi connectivity index (χ3v) is 3.56. The Balaban J connectivity index is 1.79. The van der Waals surface area contributed by atoms with Crippen LogP contribution < -0.4 is 4.74 Å². The highest BCUT2D eigenvalue weighted by Crippen LogP contribution is 2.16. The summed E-state index contributed by atoms with van der Waals surface area (Å²) in [6, 6.07) is 21.2. The molecule has 5 heteroatoms.